The number of piperidine rings is 2. The summed E-state index contributed by atoms with van der Waals surface area (Å²) in [5.74, 6) is 1.01. The Morgan fingerprint density at radius 2 is 1.68 bits per heavy atom. The van der Waals surface area contributed by atoms with Crippen molar-refractivity contribution in [1.82, 2.24) is 9.80 Å². The fourth-order valence-electron chi connectivity index (χ4n) is 3.80. The number of hydrogen-bond donors (Lipinski definition) is 0. The molecule has 2 amide bonds. The molecule has 0 atom stereocenters. The molecule has 0 saturated carbocycles. The van der Waals surface area contributed by atoms with Gasteiger partial charge in [0.1, 0.15) is 5.75 Å². The third-order valence-electron chi connectivity index (χ3n) is 5.22. The largest absolute Gasteiger partial charge is 0.493 e. The summed E-state index contributed by atoms with van der Waals surface area (Å²) >= 11 is 0. The zero-order valence-corrected chi connectivity index (χ0v) is 15.1. The smallest absolute Gasteiger partial charge is 0.257 e. The van der Waals surface area contributed by atoms with Crippen LogP contribution in [0.2, 0.25) is 0 Å². The van der Waals surface area contributed by atoms with E-state index in [9.17, 15) is 9.59 Å². The molecule has 25 heavy (non-hydrogen) atoms. The van der Waals surface area contributed by atoms with Gasteiger partial charge in [0.05, 0.1) is 12.2 Å². The van der Waals surface area contributed by atoms with E-state index in [0.29, 0.717) is 36.9 Å². The van der Waals surface area contributed by atoms with E-state index in [2.05, 4.69) is 0 Å². The van der Waals surface area contributed by atoms with Crippen LogP contribution in [-0.4, -0.2) is 54.4 Å². The van der Waals surface area contributed by atoms with Gasteiger partial charge in [0.25, 0.3) is 5.91 Å². The van der Waals surface area contributed by atoms with Crippen LogP contribution < -0.4 is 4.74 Å². The quantitative estimate of drug-likeness (QED) is 0.844. The summed E-state index contributed by atoms with van der Waals surface area (Å²) in [7, 11) is 0. The lowest BCUT2D eigenvalue weighted by Gasteiger charge is -2.35. The molecule has 2 saturated heterocycles. The number of benzene rings is 1. The molecule has 136 valence electrons. The molecule has 0 bridgehead atoms. The monoisotopic (exact) mass is 344 g/mol. The Morgan fingerprint density at radius 3 is 2.36 bits per heavy atom. The molecular formula is C20H28N2O3. The second-order valence-electron chi connectivity index (χ2n) is 6.88. The van der Waals surface area contributed by atoms with Crippen LogP contribution in [0.25, 0.3) is 0 Å². The van der Waals surface area contributed by atoms with E-state index in [0.717, 1.165) is 38.8 Å². The van der Waals surface area contributed by atoms with Gasteiger partial charge in [-0.25, -0.2) is 0 Å². The summed E-state index contributed by atoms with van der Waals surface area (Å²) in [6.07, 6.45) is 5.00. The molecule has 0 aliphatic carbocycles. The van der Waals surface area contributed by atoms with Crippen molar-refractivity contribution in [3.8, 4) is 5.75 Å². The molecule has 2 fully saturated rings. The highest BCUT2D eigenvalue weighted by atomic mass is 16.5. The number of rotatable bonds is 4. The van der Waals surface area contributed by atoms with Crippen LogP contribution in [0.15, 0.2) is 24.3 Å². The number of ether oxygens (including phenoxy) is 1. The van der Waals surface area contributed by atoms with Crippen LogP contribution >= 0.6 is 0 Å². The highest BCUT2D eigenvalue weighted by Gasteiger charge is 2.31. The van der Waals surface area contributed by atoms with Gasteiger partial charge in [-0.05, 0) is 51.2 Å². The highest BCUT2D eigenvalue weighted by molar-refractivity contribution is 5.97. The van der Waals surface area contributed by atoms with Crippen LogP contribution in [0.1, 0.15) is 49.4 Å². The fraction of sp³-hybridized carbons (Fsp3) is 0.600. The lowest BCUT2D eigenvalue weighted by atomic mass is 9.94. The van der Waals surface area contributed by atoms with Gasteiger partial charge in [-0.15, -0.1) is 0 Å². The van der Waals surface area contributed by atoms with Gasteiger partial charge >= 0.3 is 0 Å². The summed E-state index contributed by atoms with van der Waals surface area (Å²) in [6, 6.07) is 7.40. The van der Waals surface area contributed by atoms with Gasteiger partial charge in [-0.3, -0.25) is 9.59 Å². The second-order valence-corrected chi connectivity index (χ2v) is 6.88. The Balaban J connectivity index is 1.58. The zero-order chi connectivity index (χ0) is 17.6. The van der Waals surface area contributed by atoms with Gasteiger partial charge < -0.3 is 14.5 Å². The van der Waals surface area contributed by atoms with Crippen molar-refractivity contribution in [2.75, 3.05) is 32.8 Å². The zero-order valence-electron chi connectivity index (χ0n) is 15.1. The highest BCUT2D eigenvalue weighted by Crippen LogP contribution is 2.25. The molecule has 2 heterocycles. The number of carbonyl (C=O) groups excluding carboxylic acids is 2. The number of para-hydroxylation sites is 1. The minimum absolute atomic E-state index is 0.00733. The van der Waals surface area contributed by atoms with Crippen molar-refractivity contribution >= 4 is 11.8 Å². The topological polar surface area (TPSA) is 49.9 Å². The average molecular weight is 344 g/mol. The van der Waals surface area contributed by atoms with Crippen LogP contribution in [0, 0.1) is 5.92 Å². The molecule has 2 aliphatic rings. The van der Waals surface area contributed by atoms with Crippen molar-refractivity contribution in [3.63, 3.8) is 0 Å². The predicted octanol–water partition coefficient (Wildman–Crippen LogP) is 2.95. The maximum absolute atomic E-state index is 12.8. The molecule has 5 nitrogen and oxygen atoms in total. The van der Waals surface area contributed by atoms with Crippen molar-refractivity contribution in [2.45, 2.75) is 39.0 Å². The predicted molar refractivity (Wildman–Crippen MR) is 96.7 cm³/mol. The standard InChI is InChI=1S/C20H28N2O3/c1-2-25-18-9-5-4-8-17(18)20(24)22-14-10-16(11-15-22)19(23)21-12-6-3-7-13-21/h4-5,8-9,16H,2-3,6-7,10-15H2,1H3. The lowest BCUT2D eigenvalue weighted by Crippen LogP contribution is -2.45. The van der Waals surface area contributed by atoms with Crippen molar-refractivity contribution in [2.24, 2.45) is 5.92 Å². The normalized spacial score (nSPS) is 18.9. The SMILES string of the molecule is CCOc1ccccc1C(=O)N1CCC(C(=O)N2CCCCC2)CC1. The molecule has 5 heteroatoms. The van der Waals surface area contributed by atoms with E-state index in [1.165, 1.54) is 6.42 Å². The number of nitrogens with zero attached hydrogens (tertiary/aromatic N) is 2. The van der Waals surface area contributed by atoms with E-state index >= 15 is 0 Å². The molecule has 0 N–H and O–H groups in total. The van der Waals surface area contributed by atoms with Crippen LogP contribution in [0.3, 0.4) is 0 Å². The molecule has 0 spiro atoms. The minimum Gasteiger partial charge on any atom is -0.493 e. The maximum atomic E-state index is 12.8. The van der Waals surface area contributed by atoms with Crippen molar-refractivity contribution in [1.29, 1.82) is 0 Å². The van der Waals surface area contributed by atoms with Crippen molar-refractivity contribution < 1.29 is 14.3 Å². The molecule has 0 aromatic heterocycles. The van der Waals surface area contributed by atoms with E-state index in [-0.39, 0.29) is 11.8 Å². The third kappa shape index (κ3) is 4.14. The Kier molecular flexibility index (Phi) is 5.95. The summed E-state index contributed by atoms with van der Waals surface area (Å²) in [6.45, 7) is 5.54. The average Bonchev–Trinajstić information content (AvgIpc) is 2.68. The van der Waals surface area contributed by atoms with E-state index < -0.39 is 0 Å². The van der Waals surface area contributed by atoms with Crippen LogP contribution in [-0.2, 0) is 4.79 Å². The first kappa shape index (κ1) is 17.8. The number of likely N-dealkylation sites (tertiary alicyclic amines) is 2. The molecule has 3 rings (SSSR count). The Labute approximate surface area is 149 Å². The third-order valence-corrected chi connectivity index (χ3v) is 5.22. The molecule has 0 unspecified atom stereocenters. The van der Waals surface area contributed by atoms with Gasteiger partial charge in [0, 0.05) is 32.1 Å². The van der Waals surface area contributed by atoms with E-state index in [4.69, 9.17) is 4.74 Å². The van der Waals surface area contributed by atoms with Gasteiger partial charge in [-0.2, -0.15) is 0 Å². The minimum atomic E-state index is 0.00733. The van der Waals surface area contributed by atoms with Gasteiger partial charge in [0.2, 0.25) is 5.91 Å². The first-order valence-electron chi connectivity index (χ1n) is 9.50. The molecule has 1 aromatic rings. The molecule has 1 aromatic carbocycles. The first-order valence-corrected chi connectivity index (χ1v) is 9.50. The fourth-order valence-corrected chi connectivity index (χ4v) is 3.80. The molecule has 2 aliphatic heterocycles. The number of carbonyl (C=O) groups is 2. The second kappa shape index (κ2) is 8.37. The van der Waals surface area contributed by atoms with Crippen LogP contribution in [0.5, 0.6) is 5.75 Å². The summed E-state index contributed by atoms with van der Waals surface area (Å²) < 4.78 is 5.58. The lowest BCUT2D eigenvalue weighted by molar-refractivity contribution is -0.137. The molecular weight excluding hydrogens is 316 g/mol. The summed E-state index contributed by atoms with van der Waals surface area (Å²) in [5.41, 5.74) is 0.616. The maximum Gasteiger partial charge on any atom is 0.257 e. The Hall–Kier alpha value is -2.04. The van der Waals surface area contributed by atoms with Gasteiger partial charge in [-0.1, -0.05) is 12.1 Å². The number of amides is 2. The first-order chi connectivity index (χ1) is 12.2. The number of hydrogen-bond acceptors (Lipinski definition) is 3. The summed E-state index contributed by atoms with van der Waals surface area (Å²) in [5, 5.41) is 0. The molecule has 0 radical (unpaired) electrons. The van der Waals surface area contributed by atoms with Gasteiger partial charge in [0.15, 0.2) is 0 Å². The van der Waals surface area contributed by atoms with Crippen LogP contribution in [0.4, 0.5) is 0 Å². The summed E-state index contributed by atoms with van der Waals surface area (Å²) in [4.78, 5) is 29.3. The van der Waals surface area contributed by atoms with Crippen molar-refractivity contribution in [3.05, 3.63) is 29.8 Å². The Bertz CT molecular complexity index is 603. The Morgan fingerprint density at radius 1 is 1.00 bits per heavy atom. The van der Waals surface area contributed by atoms with E-state index in [1.54, 1.807) is 0 Å². The van der Waals surface area contributed by atoms with E-state index in [1.807, 2.05) is 41.0 Å².